The van der Waals surface area contributed by atoms with E-state index in [2.05, 4.69) is 28.3 Å². The van der Waals surface area contributed by atoms with Crippen molar-refractivity contribution in [3.63, 3.8) is 0 Å². The van der Waals surface area contributed by atoms with Crippen LogP contribution in [0.3, 0.4) is 0 Å². The van der Waals surface area contributed by atoms with Crippen LogP contribution < -0.4 is 0 Å². The molecule has 0 bridgehead atoms. The zero-order valence-corrected chi connectivity index (χ0v) is 9.52. The molecule has 0 saturated heterocycles. The molecule has 0 fully saturated rings. The number of allylic oxidation sites excluding steroid dienone is 1. The van der Waals surface area contributed by atoms with Crippen LogP contribution in [0.4, 0.5) is 0 Å². The summed E-state index contributed by atoms with van der Waals surface area (Å²) < 4.78 is 0. The maximum atomic E-state index is 4.27. The van der Waals surface area contributed by atoms with Gasteiger partial charge in [0.05, 0.1) is 11.4 Å². The molecule has 0 saturated carbocycles. The van der Waals surface area contributed by atoms with Gasteiger partial charge in [0.2, 0.25) is 0 Å². The lowest BCUT2D eigenvalue weighted by Crippen LogP contribution is -1.91. The fourth-order valence-corrected chi connectivity index (χ4v) is 0.908. The summed E-state index contributed by atoms with van der Waals surface area (Å²) in [5, 5.41) is 0. The number of rotatable bonds is 3. The molecule has 0 aromatic carbocycles. The molecule has 0 amide bonds. The predicted molar refractivity (Wildman–Crippen MR) is 63.0 cm³/mol. The van der Waals surface area contributed by atoms with Gasteiger partial charge < -0.3 is 0 Å². The highest BCUT2D eigenvalue weighted by Crippen LogP contribution is 1.98. The molecule has 0 heterocycles. The van der Waals surface area contributed by atoms with Crippen molar-refractivity contribution in [2.45, 2.75) is 27.7 Å². The molecular weight excluding hydrogens is 180 g/mol. The zero-order chi connectivity index (χ0) is 10.3. The molecule has 0 N–H and O–H groups in total. The summed E-state index contributed by atoms with van der Waals surface area (Å²) in [6.07, 6.45) is 1.74. The summed E-state index contributed by atoms with van der Waals surface area (Å²) in [5.41, 5.74) is 5.73. The van der Waals surface area contributed by atoms with Crippen molar-refractivity contribution in [2.24, 2.45) is 9.98 Å². The lowest BCUT2D eigenvalue weighted by Gasteiger charge is -1.92. The van der Waals surface area contributed by atoms with E-state index < -0.39 is 0 Å². The van der Waals surface area contributed by atoms with E-state index in [4.69, 9.17) is 0 Å². The Labute approximate surface area is 85.6 Å². The second-order valence-corrected chi connectivity index (χ2v) is 3.00. The Morgan fingerprint density at radius 1 is 1.31 bits per heavy atom. The van der Waals surface area contributed by atoms with Gasteiger partial charge in [-0.25, -0.2) is 0 Å². The van der Waals surface area contributed by atoms with Gasteiger partial charge in [-0.15, -0.1) is 0 Å². The van der Waals surface area contributed by atoms with Crippen LogP contribution in [-0.2, 0) is 0 Å². The number of nitrogens with zero attached hydrogens (tertiary/aromatic N) is 2. The van der Waals surface area contributed by atoms with Gasteiger partial charge in [-0.1, -0.05) is 5.73 Å². The molecule has 0 aliphatic heterocycles. The van der Waals surface area contributed by atoms with E-state index in [9.17, 15) is 0 Å². The third-order valence-electron chi connectivity index (χ3n) is 1.27. The van der Waals surface area contributed by atoms with Crippen LogP contribution in [-0.4, -0.2) is 17.7 Å². The lowest BCUT2D eigenvalue weighted by atomic mass is 10.4. The van der Waals surface area contributed by atoms with E-state index in [1.54, 1.807) is 6.21 Å². The highest BCUT2D eigenvalue weighted by Gasteiger charge is 1.87. The van der Waals surface area contributed by atoms with Gasteiger partial charge in [-0.3, -0.25) is 9.98 Å². The van der Waals surface area contributed by atoms with Crippen molar-refractivity contribution >= 4 is 24.6 Å². The van der Waals surface area contributed by atoms with E-state index in [-0.39, 0.29) is 0 Å². The van der Waals surface area contributed by atoms with E-state index in [0.29, 0.717) is 5.75 Å². The van der Waals surface area contributed by atoms with Crippen molar-refractivity contribution in [1.82, 2.24) is 0 Å². The second-order valence-electron chi connectivity index (χ2n) is 2.69. The van der Waals surface area contributed by atoms with Gasteiger partial charge in [0.15, 0.2) is 0 Å². The van der Waals surface area contributed by atoms with Gasteiger partial charge in [-0.05, 0) is 27.7 Å². The van der Waals surface area contributed by atoms with Crippen LogP contribution in [0.2, 0.25) is 0 Å². The Kier molecular flexibility index (Phi) is 6.29. The monoisotopic (exact) mass is 196 g/mol. The highest BCUT2D eigenvalue weighted by atomic mass is 32.1. The second kappa shape index (κ2) is 6.70. The molecule has 13 heavy (non-hydrogen) atoms. The summed E-state index contributed by atoms with van der Waals surface area (Å²) in [4.78, 5) is 8.34. The Balaban J connectivity index is 4.76. The predicted octanol–water partition coefficient (Wildman–Crippen LogP) is 2.87. The summed E-state index contributed by atoms with van der Waals surface area (Å²) in [7, 11) is 0. The topological polar surface area (TPSA) is 24.7 Å². The molecule has 0 rings (SSSR count). The van der Waals surface area contributed by atoms with Gasteiger partial charge in [0.25, 0.3) is 0 Å². The molecule has 3 heteroatoms. The molecule has 0 atom stereocenters. The first-order chi connectivity index (χ1) is 6.10. The van der Waals surface area contributed by atoms with Crippen molar-refractivity contribution in [1.29, 1.82) is 0 Å². The van der Waals surface area contributed by atoms with E-state index in [1.165, 1.54) is 0 Å². The van der Waals surface area contributed by atoms with Crippen molar-refractivity contribution in [3.05, 3.63) is 17.1 Å². The van der Waals surface area contributed by atoms with Crippen LogP contribution in [0.5, 0.6) is 0 Å². The Hall–Kier alpha value is -0.790. The van der Waals surface area contributed by atoms with Gasteiger partial charge in [0.1, 0.15) is 0 Å². The fourth-order valence-electron chi connectivity index (χ4n) is 0.837. The van der Waals surface area contributed by atoms with Crippen molar-refractivity contribution < 1.29 is 0 Å². The van der Waals surface area contributed by atoms with Crippen LogP contribution in [0.15, 0.2) is 27.1 Å². The van der Waals surface area contributed by atoms with Crippen molar-refractivity contribution in [2.75, 3.05) is 5.75 Å². The molecule has 0 aliphatic carbocycles. The molecule has 0 spiro atoms. The summed E-state index contributed by atoms with van der Waals surface area (Å²) >= 11 is 4.11. The highest BCUT2D eigenvalue weighted by molar-refractivity contribution is 7.81. The van der Waals surface area contributed by atoms with E-state index >= 15 is 0 Å². The van der Waals surface area contributed by atoms with Gasteiger partial charge in [0, 0.05) is 17.7 Å². The first-order valence-electron chi connectivity index (χ1n) is 4.18. The third kappa shape index (κ3) is 6.38. The largest absolute Gasteiger partial charge is 0.258 e. The van der Waals surface area contributed by atoms with Gasteiger partial charge in [-0.2, -0.15) is 12.6 Å². The number of aliphatic imine (C=N–C) groups is 2. The Bertz CT molecular complexity index is 281. The lowest BCUT2D eigenvalue weighted by molar-refractivity contribution is 1.25. The minimum absolute atomic E-state index is 0.676. The first-order valence-corrected chi connectivity index (χ1v) is 4.81. The fraction of sp³-hybridized carbons (Fsp3) is 0.500. The minimum atomic E-state index is 0.676. The maximum Gasteiger partial charge on any atom is 0.0807 e. The Morgan fingerprint density at radius 3 is 2.38 bits per heavy atom. The van der Waals surface area contributed by atoms with E-state index in [1.807, 2.05) is 27.7 Å². The maximum absolute atomic E-state index is 4.27. The average molecular weight is 196 g/mol. The van der Waals surface area contributed by atoms with E-state index in [0.717, 1.165) is 17.1 Å². The zero-order valence-electron chi connectivity index (χ0n) is 8.63. The normalized spacial score (nSPS) is 11.6. The quantitative estimate of drug-likeness (QED) is 0.408. The standard InChI is InChI=1S/C10H16N2S/c1-5-11-8(2)6-9(3)12-10(4)7-13/h5,13H,7H2,1-4H3/b11-5-,12-10+. The molecule has 72 valence electrons. The summed E-state index contributed by atoms with van der Waals surface area (Å²) in [5.74, 6) is 0.676. The molecular formula is C10H16N2S. The third-order valence-corrected chi connectivity index (χ3v) is 1.73. The molecule has 0 aromatic rings. The van der Waals surface area contributed by atoms with Crippen molar-refractivity contribution in [3.8, 4) is 0 Å². The summed E-state index contributed by atoms with van der Waals surface area (Å²) in [6, 6.07) is 0. The number of thiol groups is 1. The van der Waals surface area contributed by atoms with Crippen LogP contribution in [0, 0.1) is 0 Å². The SMILES string of the molecule is C/C=N\C(C)=C=C(C)/N=C(\C)CS. The Morgan fingerprint density at radius 2 is 1.92 bits per heavy atom. The number of hydrogen-bond donors (Lipinski definition) is 1. The van der Waals surface area contributed by atoms with Crippen LogP contribution >= 0.6 is 12.6 Å². The molecule has 2 nitrogen and oxygen atoms in total. The minimum Gasteiger partial charge on any atom is -0.258 e. The molecule has 0 aliphatic rings. The smallest absolute Gasteiger partial charge is 0.0807 e. The first kappa shape index (κ1) is 12.2. The number of hydrogen-bond acceptors (Lipinski definition) is 3. The van der Waals surface area contributed by atoms with Crippen LogP contribution in [0.1, 0.15) is 27.7 Å². The summed E-state index contributed by atoms with van der Waals surface area (Å²) in [6.45, 7) is 7.62. The molecule has 0 radical (unpaired) electrons. The average Bonchev–Trinajstić information content (AvgIpc) is 2.04. The van der Waals surface area contributed by atoms with Crippen LogP contribution in [0.25, 0.3) is 0 Å². The molecule has 0 aromatic heterocycles. The molecule has 0 unspecified atom stereocenters. The van der Waals surface area contributed by atoms with Gasteiger partial charge >= 0.3 is 0 Å².